The van der Waals surface area contributed by atoms with Crippen LogP contribution in [0.15, 0.2) is 12.2 Å². The van der Waals surface area contributed by atoms with Gasteiger partial charge in [-0.05, 0) is 31.0 Å². The molecule has 0 aliphatic rings. The molecule has 0 saturated heterocycles. The van der Waals surface area contributed by atoms with Crippen molar-refractivity contribution >= 4 is 8.32 Å². The third kappa shape index (κ3) is 6.26. The zero-order chi connectivity index (χ0) is 13.1. The maximum Gasteiger partial charge on any atom is 1.00 e. The van der Waals surface area contributed by atoms with Crippen LogP contribution in [0.3, 0.4) is 0 Å². The summed E-state index contributed by atoms with van der Waals surface area (Å²) in [5, 5.41) is 11.9. The molecule has 2 nitrogen and oxygen atoms in total. The molecule has 0 amide bonds. The molecule has 0 N–H and O–H groups in total. The Balaban J connectivity index is 0. The Morgan fingerprint density at radius 3 is 2.06 bits per heavy atom. The Bertz CT molecular complexity index is 246. The molecule has 0 rings (SSSR count). The fraction of sp³-hybridized carbons (Fsp3) is 0.846. The van der Waals surface area contributed by atoms with E-state index in [4.69, 9.17) is 4.43 Å². The molecule has 17 heavy (non-hydrogen) atoms. The quantitative estimate of drug-likeness (QED) is 0.506. The van der Waals surface area contributed by atoms with Crippen molar-refractivity contribution in [2.24, 2.45) is 5.92 Å². The van der Waals surface area contributed by atoms with E-state index in [9.17, 15) is 5.11 Å². The molecule has 0 fully saturated rings. The van der Waals surface area contributed by atoms with E-state index >= 15 is 0 Å². The molecule has 0 aliphatic heterocycles. The van der Waals surface area contributed by atoms with Gasteiger partial charge in [0.15, 0.2) is 8.32 Å². The molecule has 0 aromatic heterocycles. The molecule has 0 aliphatic carbocycles. The summed E-state index contributed by atoms with van der Waals surface area (Å²) in [6.45, 7) is 19.0. The zero-order valence-corrected chi connectivity index (χ0v) is 13.9. The van der Waals surface area contributed by atoms with Gasteiger partial charge in [-0.15, -0.1) is 12.7 Å². The smallest absolute Gasteiger partial charge is 0.849 e. The minimum atomic E-state index is -1.72. The largest absolute Gasteiger partial charge is 1.00 e. The number of hydrogen-bond acceptors (Lipinski definition) is 2. The second-order valence-electron chi connectivity index (χ2n) is 6.32. The molecule has 2 atom stereocenters. The summed E-state index contributed by atoms with van der Waals surface area (Å²) < 4.78 is 6.02. The summed E-state index contributed by atoms with van der Waals surface area (Å²) in [5.41, 5.74) is 0.700. The van der Waals surface area contributed by atoms with Crippen molar-refractivity contribution in [2.75, 3.05) is 6.61 Å². The standard InChI is InChI=1S/C13H27O2Si.Li/c1-10(2)12(14)11(3)9-15-16(7,8)13(4,5)6;/h11-12H,1,9H2,2-8H3;/q-1;+1. The van der Waals surface area contributed by atoms with Crippen LogP contribution in [0.4, 0.5) is 0 Å². The maximum atomic E-state index is 11.7. The normalized spacial score (nSPS) is 16.0. The van der Waals surface area contributed by atoms with Crippen molar-refractivity contribution in [3.63, 3.8) is 0 Å². The molecule has 0 spiro atoms. The van der Waals surface area contributed by atoms with Crippen LogP contribution >= 0.6 is 0 Å². The van der Waals surface area contributed by atoms with E-state index in [0.717, 1.165) is 0 Å². The fourth-order valence-corrected chi connectivity index (χ4v) is 2.24. The summed E-state index contributed by atoms with van der Waals surface area (Å²) in [5.74, 6) is 0.00613. The van der Waals surface area contributed by atoms with Gasteiger partial charge in [-0.25, -0.2) is 0 Å². The molecule has 0 bridgehead atoms. The first-order valence-electron chi connectivity index (χ1n) is 5.94. The fourth-order valence-electron chi connectivity index (χ4n) is 1.13. The first-order chi connectivity index (χ1) is 6.99. The van der Waals surface area contributed by atoms with Crippen LogP contribution in [0, 0.1) is 5.92 Å². The SMILES string of the molecule is C=C(C)C([O-])C(C)CO[Si](C)(C)C(C)(C)C.[Li+]. The Labute approximate surface area is 120 Å². The summed E-state index contributed by atoms with van der Waals surface area (Å²) in [4.78, 5) is 0. The Morgan fingerprint density at radius 1 is 1.35 bits per heavy atom. The van der Waals surface area contributed by atoms with Crippen molar-refractivity contribution in [1.82, 2.24) is 0 Å². The van der Waals surface area contributed by atoms with Crippen molar-refractivity contribution in [3.8, 4) is 0 Å². The monoisotopic (exact) mass is 250 g/mol. The van der Waals surface area contributed by atoms with E-state index < -0.39 is 14.4 Å². The first kappa shape index (κ1) is 19.8. The summed E-state index contributed by atoms with van der Waals surface area (Å²) >= 11 is 0. The predicted molar refractivity (Wildman–Crippen MR) is 70.9 cm³/mol. The summed E-state index contributed by atoms with van der Waals surface area (Å²) in [6.07, 6.45) is -0.704. The van der Waals surface area contributed by atoms with Gasteiger partial charge in [0.2, 0.25) is 0 Å². The third-order valence-electron chi connectivity index (χ3n) is 3.52. The predicted octanol–water partition coefficient (Wildman–Crippen LogP) is -0.0467. The van der Waals surface area contributed by atoms with E-state index in [1.165, 1.54) is 0 Å². The topological polar surface area (TPSA) is 32.3 Å². The van der Waals surface area contributed by atoms with Crippen LogP contribution in [-0.4, -0.2) is 21.0 Å². The van der Waals surface area contributed by atoms with Crippen molar-refractivity contribution in [3.05, 3.63) is 12.2 Å². The van der Waals surface area contributed by atoms with E-state index in [-0.39, 0.29) is 29.8 Å². The molecule has 0 saturated carbocycles. The molecular weight excluding hydrogens is 223 g/mol. The first-order valence-corrected chi connectivity index (χ1v) is 8.85. The van der Waals surface area contributed by atoms with Crippen LogP contribution in [0.5, 0.6) is 0 Å². The summed E-state index contributed by atoms with van der Waals surface area (Å²) in [7, 11) is -1.72. The van der Waals surface area contributed by atoms with Crippen LogP contribution in [0.1, 0.15) is 34.6 Å². The van der Waals surface area contributed by atoms with Gasteiger partial charge in [0.1, 0.15) is 0 Å². The van der Waals surface area contributed by atoms with Crippen LogP contribution in [0.25, 0.3) is 0 Å². The van der Waals surface area contributed by atoms with Gasteiger partial charge in [0.25, 0.3) is 0 Å². The average molecular weight is 250 g/mol. The molecule has 0 heterocycles. The van der Waals surface area contributed by atoms with Crippen molar-refractivity contribution in [1.29, 1.82) is 0 Å². The van der Waals surface area contributed by atoms with E-state index in [1.807, 2.05) is 6.92 Å². The van der Waals surface area contributed by atoms with Gasteiger partial charge >= 0.3 is 18.9 Å². The van der Waals surface area contributed by atoms with Crippen LogP contribution in [-0.2, 0) is 4.43 Å². The van der Waals surface area contributed by atoms with Gasteiger partial charge in [-0.1, -0.05) is 33.3 Å². The van der Waals surface area contributed by atoms with Crippen molar-refractivity contribution in [2.45, 2.75) is 58.9 Å². The molecule has 2 unspecified atom stereocenters. The van der Waals surface area contributed by atoms with Gasteiger partial charge in [-0.2, -0.15) is 0 Å². The van der Waals surface area contributed by atoms with E-state index in [1.54, 1.807) is 6.92 Å². The number of hydrogen-bond donors (Lipinski definition) is 0. The van der Waals surface area contributed by atoms with Crippen LogP contribution < -0.4 is 24.0 Å². The van der Waals surface area contributed by atoms with Gasteiger partial charge < -0.3 is 9.53 Å². The molecule has 96 valence electrons. The molecular formula is C13H27LiO2Si. The second kappa shape index (κ2) is 7.16. The Morgan fingerprint density at radius 2 is 1.76 bits per heavy atom. The van der Waals surface area contributed by atoms with Crippen molar-refractivity contribution < 1.29 is 28.4 Å². The van der Waals surface area contributed by atoms with Gasteiger partial charge in [0, 0.05) is 6.61 Å². The zero-order valence-electron chi connectivity index (χ0n) is 12.9. The third-order valence-corrected chi connectivity index (χ3v) is 8.02. The Kier molecular flexibility index (Phi) is 8.34. The van der Waals surface area contributed by atoms with Gasteiger partial charge in [0.05, 0.1) is 0 Å². The minimum Gasteiger partial charge on any atom is -0.849 e. The summed E-state index contributed by atoms with van der Waals surface area (Å²) in [6, 6.07) is 0. The second-order valence-corrected chi connectivity index (χ2v) is 11.1. The molecule has 0 aromatic rings. The maximum absolute atomic E-state index is 11.7. The van der Waals surface area contributed by atoms with Gasteiger partial charge in [-0.3, -0.25) is 0 Å². The number of rotatable bonds is 5. The Hall–Kier alpha value is 0.474. The molecule has 0 radical (unpaired) electrons. The average Bonchev–Trinajstić information content (AvgIpc) is 2.11. The van der Waals surface area contributed by atoms with E-state index in [2.05, 4.69) is 40.4 Å². The molecule has 0 aromatic carbocycles. The van der Waals surface area contributed by atoms with E-state index in [0.29, 0.717) is 12.2 Å². The minimum absolute atomic E-state index is 0. The molecule has 4 heteroatoms. The van der Waals surface area contributed by atoms with Crippen LogP contribution in [0.2, 0.25) is 18.1 Å².